The molecule has 0 aliphatic carbocycles. The summed E-state index contributed by atoms with van der Waals surface area (Å²) in [6, 6.07) is 5.27. The molecule has 1 saturated heterocycles. The Morgan fingerprint density at radius 1 is 1.30 bits per heavy atom. The van der Waals surface area contributed by atoms with Gasteiger partial charge in [0.1, 0.15) is 12.2 Å². The van der Waals surface area contributed by atoms with Crippen molar-refractivity contribution in [2.45, 2.75) is 12.2 Å². The number of hydrogen-bond acceptors (Lipinski definition) is 5. The van der Waals surface area contributed by atoms with E-state index in [1.54, 1.807) is 39.5 Å². The summed E-state index contributed by atoms with van der Waals surface area (Å²) in [5.41, 5.74) is 8.10. The Morgan fingerprint density at radius 3 is 2.40 bits per heavy atom. The zero-order valence-electron chi connectivity index (χ0n) is 12.1. The minimum atomic E-state index is -0.128. The molecule has 6 nitrogen and oxygen atoms in total. The average molecular weight is 279 g/mol. The molecule has 1 heterocycles. The lowest BCUT2D eigenvalue weighted by Crippen LogP contribution is -2.27. The van der Waals surface area contributed by atoms with Gasteiger partial charge < -0.3 is 25.4 Å². The molecule has 2 unspecified atom stereocenters. The zero-order chi connectivity index (χ0) is 14.7. The molecule has 110 valence electrons. The maximum atomic E-state index is 11.7. The monoisotopic (exact) mass is 279 g/mol. The number of anilines is 2. The molecule has 2 atom stereocenters. The number of nitrogens with two attached hydrogens (primary N) is 1. The molecular weight excluding hydrogens is 258 g/mol. The number of methoxy groups -OCH3 is 2. The van der Waals surface area contributed by atoms with Crippen molar-refractivity contribution in [3.63, 3.8) is 0 Å². The number of amides is 1. The molecule has 2 rings (SSSR count). The molecule has 1 fully saturated rings. The fourth-order valence-corrected chi connectivity index (χ4v) is 2.50. The predicted octanol–water partition coefficient (Wildman–Crippen LogP) is 0.478. The summed E-state index contributed by atoms with van der Waals surface area (Å²) in [4.78, 5) is 13.8. The Hall–Kier alpha value is -1.79. The third-order valence-electron chi connectivity index (χ3n) is 3.68. The van der Waals surface area contributed by atoms with E-state index in [1.165, 1.54) is 0 Å². The van der Waals surface area contributed by atoms with E-state index < -0.39 is 0 Å². The van der Waals surface area contributed by atoms with E-state index in [0.29, 0.717) is 24.3 Å². The van der Waals surface area contributed by atoms with Gasteiger partial charge in [0.2, 0.25) is 0 Å². The minimum absolute atomic E-state index is 0.00283. The van der Waals surface area contributed by atoms with Crippen molar-refractivity contribution in [1.29, 1.82) is 0 Å². The van der Waals surface area contributed by atoms with E-state index in [-0.39, 0.29) is 18.1 Å². The summed E-state index contributed by atoms with van der Waals surface area (Å²) in [7, 11) is 4.95. The Balaban J connectivity index is 2.26. The summed E-state index contributed by atoms with van der Waals surface area (Å²) >= 11 is 0. The van der Waals surface area contributed by atoms with E-state index in [1.807, 2.05) is 0 Å². The second-order valence-electron chi connectivity index (χ2n) is 4.81. The highest BCUT2D eigenvalue weighted by Gasteiger charge is 2.33. The zero-order valence-corrected chi connectivity index (χ0v) is 12.1. The summed E-state index contributed by atoms with van der Waals surface area (Å²) in [6.45, 7) is 1.38. The fraction of sp³-hybridized carbons (Fsp3) is 0.500. The van der Waals surface area contributed by atoms with Crippen LogP contribution in [0, 0.1) is 0 Å². The highest BCUT2D eigenvalue weighted by molar-refractivity contribution is 5.96. The largest absolute Gasteiger partial charge is 0.397 e. The van der Waals surface area contributed by atoms with Crippen molar-refractivity contribution in [1.82, 2.24) is 5.32 Å². The van der Waals surface area contributed by atoms with Crippen LogP contribution < -0.4 is 16.0 Å². The first-order chi connectivity index (χ1) is 9.60. The Kier molecular flexibility index (Phi) is 4.46. The van der Waals surface area contributed by atoms with Crippen molar-refractivity contribution in [3.05, 3.63) is 23.8 Å². The van der Waals surface area contributed by atoms with Gasteiger partial charge in [0, 0.05) is 39.9 Å². The Bertz CT molecular complexity index is 481. The van der Waals surface area contributed by atoms with Gasteiger partial charge >= 0.3 is 0 Å². The maximum absolute atomic E-state index is 11.7. The van der Waals surface area contributed by atoms with Gasteiger partial charge in [0.25, 0.3) is 5.91 Å². The summed E-state index contributed by atoms with van der Waals surface area (Å²) < 4.78 is 10.8. The van der Waals surface area contributed by atoms with Crippen molar-refractivity contribution in [2.24, 2.45) is 0 Å². The molecule has 1 amide bonds. The van der Waals surface area contributed by atoms with Crippen molar-refractivity contribution in [3.8, 4) is 0 Å². The van der Waals surface area contributed by atoms with Crippen LogP contribution in [0.5, 0.6) is 0 Å². The summed E-state index contributed by atoms with van der Waals surface area (Å²) in [5, 5.41) is 2.61. The maximum Gasteiger partial charge on any atom is 0.251 e. The average Bonchev–Trinajstić information content (AvgIpc) is 2.90. The number of carbonyl (C=O) groups is 1. The lowest BCUT2D eigenvalue weighted by molar-refractivity contribution is -0.00461. The summed E-state index contributed by atoms with van der Waals surface area (Å²) in [6.07, 6.45) is 0.00566. The van der Waals surface area contributed by atoms with Gasteiger partial charge in [-0.05, 0) is 18.2 Å². The lowest BCUT2D eigenvalue weighted by atomic mass is 10.1. The number of benzene rings is 1. The van der Waals surface area contributed by atoms with E-state index >= 15 is 0 Å². The Morgan fingerprint density at radius 2 is 1.90 bits per heavy atom. The van der Waals surface area contributed by atoms with Gasteiger partial charge in [-0.25, -0.2) is 0 Å². The predicted molar refractivity (Wildman–Crippen MR) is 78.1 cm³/mol. The van der Waals surface area contributed by atoms with Gasteiger partial charge in [0.15, 0.2) is 0 Å². The summed E-state index contributed by atoms with van der Waals surface area (Å²) in [5.74, 6) is -0.128. The highest BCUT2D eigenvalue weighted by atomic mass is 16.5. The van der Waals surface area contributed by atoms with E-state index in [2.05, 4.69) is 10.2 Å². The normalized spacial score (nSPS) is 22.1. The third kappa shape index (κ3) is 2.71. The number of nitrogens with zero attached hydrogens (tertiary/aromatic N) is 1. The first-order valence-corrected chi connectivity index (χ1v) is 6.52. The highest BCUT2D eigenvalue weighted by Crippen LogP contribution is 2.29. The smallest absolute Gasteiger partial charge is 0.251 e. The molecule has 0 radical (unpaired) electrons. The number of nitrogen functional groups attached to an aromatic ring is 1. The van der Waals surface area contributed by atoms with Crippen LogP contribution in [0.25, 0.3) is 0 Å². The molecule has 1 aliphatic heterocycles. The van der Waals surface area contributed by atoms with Gasteiger partial charge in [-0.15, -0.1) is 0 Å². The molecule has 1 aliphatic rings. The van der Waals surface area contributed by atoms with Crippen LogP contribution in [-0.4, -0.2) is 52.5 Å². The van der Waals surface area contributed by atoms with Crippen molar-refractivity contribution < 1.29 is 14.3 Å². The molecule has 0 spiro atoms. The molecule has 0 aromatic heterocycles. The van der Waals surface area contributed by atoms with E-state index in [0.717, 1.165) is 5.69 Å². The molecule has 0 saturated carbocycles. The van der Waals surface area contributed by atoms with Crippen LogP contribution in [-0.2, 0) is 9.47 Å². The van der Waals surface area contributed by atoms with Crippen LogP contribution in [0.15, 0.2) is 18.2 Å². The molecule has 20 heavy (non-hydrogen) atoms. The lowest BCUT2D eigenvalue weighted by Gasteiger charge is -2.20. The van der Waals surface area contributed by atoms with Crippen molar-refractivity contribution >= 4 is 17.3 Å². The van der Waals surface area contributed by atoms with Gasteiger partial charge in [-0.2, -0.15) is 0 Å². The van der Waals surface area contributed by atoms with Crippen LogP contribution in [0.1, 0.15) is 10.4 Å². The fourth-order valence-electron chi connectivity index (χ4n) is 2.50. The number of nitrogens with one attached hydrogen (secondary N) is 1. The van der Waals surface area contributed by atoms with Gasteiger partial charge in [-0.3, -0.25) is 4.79 Å². The second-order valence-corrected chi connectivity index (χ2v) is 4.81. The molecule has 1 aromatic carbocycles. The third-order valence-corrected chi connectivity index (χ3v) is 3.68. The first-order valence-electron chi connectivity index (χ1n) is 6.52. The molecular formula is C14H21N3O3. The van der Waals surface area contributed by atoms with Gasteiger partial charge in [0.05, 0.1) is 11.4 Å². The van der Waals surface area contributed by atoms with Crippen LogP contribution in [0.4, 0.5) is 11.4 Å². The molecule has 0 bridgehead atoms. The van der Waals surface area contributed by atoms with Crippen LogP contribution in [0.2, 0.25) is 0 Å². The topological polar surface area (TPSA) is 76.8 Å². The molecule has 3 N–H and O–H groups in total. The second kappa shape index (κ2) is 6.11. The van der Waals surface area contributed by atoms with Crippen LogP contribution >= 0.6 is 0 Å². The molecule has 6 heteroatoms. The number of hydrogen-bond donors (Lipinski definition) is 2. The minimum Gasteiger partial charge on any atom is -0.397 e. The number of rotatable bonds is 4. The molecule has 1 aromatic rings. The quantitative estimate of drug-likeness (QED) is 0.784. The van der Waals surface area contributed by atoms with Gasteiger partial charge in [-0.1, -0.05) is 0 Å². The van der Waals surface area contributed by atoms with E-state index in [4.69, 9.17) is 15.2 Å². The number of carbonyl (C=O) groups excluding carboxylic acids is 1. The SMILES string of the molecule is CNC(=O)c1ccc(N)c(N2CC(OC)C(OC)C2)c1. The van der Waals surface area contributed by atoms with Crippen LogP contribution in [0.3, 0.4) is 0 Å². The van der Waals surface area contributed by atoms with E-state index in [9.17, 15) is 4.79 Å². The Labute approximate surface area is 118 Å². The standard InChI is InChI=1S/C14H21N3O3/c1-16-14(18)9-4-5-10(15)11(6-9)17-7-12(19-2)13(8-17)20-3/h4-6,12-13H,7-8,15H2,1-3H3,(H,16,18). The van der Waals surface area contributed by atoms with Crippen molar-refractivity contribution in [2.75, 3.05) is 45.0 Å². The first kappa shape index (κ1) is 14.6. The number of ether oxygens (including phenoxy) is 2.